The summed E-state index contributed by atoms with van der Waals surface area (Å²) in [6, 6.07) is 39.0. The molecule has 0 saturated carbocycles. The Balaban J connectivity index is 0.000000105. The second-order valence-electron chi connectivity index (χ2n) is 7.64. The van der Waals surface area contributed by atoms with Crippen LogP contribution in [0.2, 0.25) is 0 Å². The molecule has 0 saturated heterocycles. The molecule has 4 aromatic carbocycles. The molecule has 0 aliphatic heterocycles. The van der Waals surface area contributed by atoms with Crippen LogP contribution >= 0.6 is 0 Å². The van der Waals surface area contributed by atoms with E-state index in [-0.39, 0.29) is 0 Å². The normalized spacial score (nSPS) is 10.4. The van der Waals surface area contributed by atoms with Crippen LogP contribution in [0.1, 0.15) is 0 Å². The second kappa shape index (κ2) is 9.75. The summed E-state index contributed by atoms with van der Waals surface area (Å²) in [5, 5.41) is 6.25. The first kappa shape index (κ1) is 20.4. The molecule has 0 aliphatic carbocycles. The molecule has 7 aromatic rings. The SMILES string of the molecule is c1ccc2c(c1)[nH]c1ccccc12.c1ccc2cnccc2c1.c1ccc2ncccc2c1. The minimum atomic E-state index is 1.06. The molecule has 0 aliphatic rings. The van der Waals surface area contributed by atoms with E-state index >= 15 is 0 Å². The van der Waals surface area contributed by atoms with Gasteiger partial charge in [0.2, 0.25) is 0 Å². The molecule has 1 N–H and O–H groups in total. The Morgan fingerprint density at radius 1 is 0.455 bits per heavy atom. The summed E-state index contributed by atoms with van der Waals surface area (Å²) in [6.07, 6.45) is 5.49. The summed E-state index contributed by atoms with van der Waals surface area (Å²) in [5.74, 6) is 0. The second-order valence-corrected chi connectivity index (χ2v) is 7.64. The number of aromatic amines is 1. The first-order valence-electron chi connectivity index (χ1n) is 10.9. The third-order valence-electron chi connectivity index (χ3n) is 5.48. The predicted molar refractivity (Wildman–Crippen MR) is 139 cm³/mol. The van der Waals surface area contributed by atoms with Gasteiger partial charge in [0.15, 0.2) is 0 Å². The topological polar surface area (TPSA) is 41.6 Å². The number of fused-ring (bicyclic) bond motifs is 5. The fourth-order valence-corrected chi connectivity index (χ4v) is 3.84. The average molecular weight is 426 g/mol. The first-order valence-corrected chi connectivity index (χ1v) is 10.9. The number of para-hydroxylation sites is 3. The van der Waals surface area contributed by atoms with Crippen molar-refractivity contribution in [2.24, 2.45) is 0 Å². The zero-order valence-electron chi connectivity index (χ0n) is 18.1. The van der Waals surface area contributed by atoms with E-state index in [1.807, 2.05) is 61.1 Å². The summed E-state index contributed by atoms with van der Waals surface area (Å²) in [5.41, 5.74) is 3.48. The summed E-state index contributed by atoms with van der Waals surface area (Å²) >= 11 is 0. The molecule has 0 unspecified atom stereocenters. The van der Waals surface area contributed by atoms with Gasteiger partial charge in [0.05, 0.1) is 5.52 Å². The maximum atomic E-state index is 4.18. The molecule has 0 fully saturated rings. The molecule has 158 valence electrons. The minimum absolute atomic E-state index is 1.06. The van der Waals surface area contributed by atoms with Crippen molar-refractivity contribution in [3.8, 4) is 0 Å². The van der Waals surface area contributed by atoms with Gasteiger partial charge in [-0.3, -0.25) is 9.97 Å². The molecule has 0 atom stereocenters. The molecule has 3 aromatic heterocycles. The molecular weight excluding hydrogens is 402 g/mol. The molecular formula is C30H23N3. The van der Waals surface area contributed by atoms with Crippen LogP contribution in [0.4, 0.5) is 0 Å². The number of H-pyrrole nitrogens is 1. The number of pyridine rings is 2. The van der Waals surface area contributed by atoms with Crippen molar-refractivity contribution >= 4 is 43.5 Å². The van der Waals surface area contributed by atoms with Gasteiger partial charge >= 0.3 is 0 Å². The van der Waals surface area contributed by atoms with Crippen molar-refractivity contribution < 1.29 is 0 Å². The Kier molecular flexibility index (Phi) is 6.03. The van der Waals surface area contributed by atoms with Gasteiger partial charge in [0, 0.05) is 45.8 Å². The highest BCUT2D eigenvalue weighted by Crippen LogP contribution is 2.24. The van der Waals surface area contributed by atoms with Gasteiger partial charge in [-0.15, -0.1) is 0 Å². The lowest BCUT2D eigenvalue weighted by Crippen LogP contribution is -1.73. The van der Waals surface area contributed by atoms with Crippen molar-refractivity contribution in [2.45, 2.75) is 0 Å². The van der Waals surface area contributed by atoms with Crippen LogP contribution in [0, 0.1) is 0 Å². The third kappa shape index (κ3) is 4.73. The van der Waals surface area contributed by atoms with E-state index in [0.29, 0.717) is 0 Å². The molecule has 0 bridgehead atoms. The minimum Gasteiger partial charge on any atom is -0.355 e. The van der Waals surface area contributed by atoms with Crippen LogP contribution in [0.15, 0.2) is 134 Å². The molecule has 0 amide bonds. The summed E-state index contributed by atoms with van der Waals surface area (Å²) in [4.78, 5) is 11.6. The van der Waals surface area contributed by atoms with E-state index in [4.69, 9.17) is 0 Å². The molecule has 0 radical (unpaired) electrons. The standard InChI is InChI=1S/C12H9N.2C9H7N/c1-3-7-11-9(5-1)10-6-2-4-8-12(10)13-11;1-2-6-9-8(4-1)5-3-7-10-9;1-2-4-9-7-10-6-5-8(9)3-1/h1-8,13H;2*1-7H. The summed E-state index contributed by atoms with van der Waals surface area (Å²) in [7, 11) is 0. The Labute approximate surface area is 192 Å². The number of rotatable bonds is 0. The number of nitrogens with one attached hydrogen (secondary N) is 1. The Morgan fingerprint density at radius 2 is 1.03 bits per heavy atom. The van der Waals surface area contributed by atoms with Crippen molar-refractivity contribution in [1.29, 1.82) is 0 Å². The van der Waals surface area contributed by atoms with Crippen molar-refractivity contribution in [2.75, 3.05) is 0 Å². The van der Waals surface area contributed by atoms with Crippen LogP contribution in [-0.2, 0) is 0 Å². The lowest BCUT2D eigenvalue weighted by molar-refractivity contribution is 1.36. The van der Waals surface area contributed by atoms with Crippen molar-refractivity contribution in [3.63, 3.8) is 0 Å². The number of benzene rings is 4. The van der Waals surface area contributed by atoms with E-state index in [0.717, 1.165) is 5.52 Å². The lowest BCUT2D eigenvalue weighted by atomic mass is 10.2. The van der Waals surface area contributed by atoms with E-state index in [2.05, 4.69) is 87.7 Å². The maximum absolute atomic E-state index is 4.18. The van der Waals surface area contributed by atoms with Gasteiger partial charge in [-0.2, -0.15) is 0 Å². The monoisotopic (exact) mass is 425 g/mol. The Morgan fingerprint density at radius 3 is 1.73 bits per heavy atom. The molecule has 3 nitrogen and oxygen atoms in total. The summed E-state index contributed by atoms with van der Waals surface area (Å²) < 4.78 is 0. The number of hydrogen-bond donors (Lipinski definition) is 1. The van der Waals surface area contributed by atoms with E-state index in [1.165, 1.54) is 38.0 Å². The highest BCUT2D eigenvalue weighted by atomic mass is 14.7. The zero-order valence-corrected chi connectivity index (χ0v) is 18.1. The van der Waals surface area contributed by atoms with E-state index in [9.17, 15) is 0 Å². The molecule has 7 rings (SSSR count). The highest BCUT2D eigenvalue weighted by molar-refractivity contribution is 6.06. The number of hydrogen-bond acceptors (Lipinski definition) is 2. The van der Waals surface area contributed by atoms with Crippen LogP contribution in [-0.4, -0.2) is 15.0 Å². The predicted octanol–water partition coefficient (Wildman–Crippen LogP) is 7.79. The van der Waals surface area contributed by atoms with Crippen LogP contribution in [0.25, 0.3) is 43.5 Å². The Hall–Kier alpha value is -4.50. The van der Waals surface area contributed by atoms with Gasteiger partial charge in [-0.25, -0.2) is 0 Å². The smallest absolute Gasteiger partial charge is 0.0701 e. The van der Waals surface area contributed by atoms with Gasteiger partial charge in [0.25, 0.3) is 0 Å². The largest absolute Gasteiger partial charge is 0.355 e. The van der Waals surface area contributed by atoms with Gasteiger partial charge in [-0.1, -0.05) is 84.9 Å². The van der Waals surface area contributed by atoms with Gasteiger partial charge < -0.3 is 4.98 Å². The fraction of sp³-hybridized carbons (Fsp3) is 0. The van der Waals surface area contributed by atoms with Gasteiger partial charge in [0.1, 0.15) is 0 Å². The fourth-order valence-electron chi connectivity index (χ4n) is 3.84. The van der Waals surface area contributed by atoms with Crippen LogP contribution < -0.4 is 0 Å². The molecule has 3 heterocycles. The van der Waals surface area contributed by atoms with Crippen molar-refractivity contribution in [1.82, 2.24) is 15.0 Å². The van der Waals surface area contributed by atoms with Crippen LogP contribution in [0.3, 0.4) is 0 Å². The summed E-state index contributed by atoms with van der Waals surface area (Å²) in [6.45, 7) is 0. The zero-order chi connectivity index (χ0) is 22.3. The number of aromatic nitrogens is 3. The van der Waals surface area contributed by atoms with E-state index in [1.54, 1.807) is 0 Å². The van der Waals surface area contributed by atoms with Gasteiger partial charge in [-0.05, 0) is 41.1 Å². The lowest BCUT2D eigenvalue weighted by Gasteiger charge is -1.91. The van der Waals surface area contributed by atoms with Crippen molar-refractivity contribution in [3.05, 3.63) is 134 Å². The Bertz CT molecular complexity index is 1380. The molecule has 33 heavy (non-hydrogen) atoms. The van der Waals surface area contributed by atoms with E-state index < -0.39 is 0 Å². The molecule has 0 spiro atoms. The maximum Gasteiger partial charge on any atom is 0.0701 e. The number of nitrogens with zero attached hydrogens (tertiary/aromatic N) is 2. The quantitative estimate of drug-likeness (QED) is 0.269. The third-order valence-corrected chi connectivity index (χ3v) is 5.48. The molecule has 3 heteroatoms. The first-order chi connectivity index (χ1) is 16.4. The highest BCUT2D eigenvalue weighted by Gasteiger charge is 2.00. The average Bonchev–Trinajstić information content (AvgIpc) is 3.28. The van der Waals surface area contributed by atoms with Crippen LogP contribution in [0.5, 0.6) is 0 Å².